The minimum absolute atomic E-state index is 0.0856. The summed E-state index contributed by atoms with van der Waals surface area (Å²) in [4.78, 5) is 33.0. The van der Waals surface area contributed by atoms with E-state index in [-0.39, 0.29) is 23.3 Å². The zero-order chi connectivity index (χ0) is 67.6. The van der Waals surface area contributed by atoms with Crippen LogP contribution in [0.3, 0.4) is 0 Å². The maximum atomic E-state index is 14.5. The molecular formula is C82H143N3O8Si. The Bertz CT molecular complexity index is 2320. The number of benzene rings is 2. The van der Waals surface area contributed by atoms with Gasteiger partial charge < -0.3 is 34.5 Å². The number of nitrogens with one attached hydrogen (secondary N) is 1. The molecule has 3 atom stereocenters. The predicted octanol–water partition coefficient (Wildman–Crippen LogP) is 23.1. The molecule has 538 valence electrons. The van der Waals surface area contributed by atoms with Crippen LogP contribution in [0.1, 0.15) is 380 Å². The number of anilines is 1. The smallest absolute Gasteiger partial charge is 0.351 e. The number of aliphatic hydroxyl groups excluding tert-OH is 1. The second-order valence-corrected chi connectivity index (χ2v) is 34.6. The van der Waals surface area contributed by atoms with Gasteiger partial charge in [0, 0.05) is 18.2 Å². The third-order valence-electron chi connectivity index (χ3n) is 20.7. The number of aromatic nitrogens is 2. The maximum absolute atomic E-state index is 14.5. The average molecular weight is 1330 g/mol. The van der Waals surface area contributed by atoms with Gasteiger partial charge in [0.05, 0.1) is 31.7 Å². The first-order chi connectivity index (χ1) is 46.0. The van der Waals surface area contributed by atoms with Crippen molar-refractivity contribution in [1.29, 1.82) is 0 Å². The lowest BCUT2D eigenvalue weighted by Gasteiger charge is -2.51. The summed E-state index contributed by atoms with van der Waals surface area (Å²) in [6.45, 7) is 16.6. The summed E-state index contributed by atoms with van der Waals surface area (Å²) in [5, 5.41) is 26.4. The number of nitrogens with zero attached hydrogens (tertiary/aromatic N) is 2. The molecule has 2 heterocycles. The highest BCUT2D eigenvalue weighted by atomic mass is 28.3. The third-order valence-corrected chi connectivity index (χ3v) is 27.6. The highest BCUT2D eigenvalue weighted by Gasteiger charge is 2.65. The number of hydrogen-bond donors (Lipinski definition) is 3. The number of ether oxygens (including phenoxy) is 4. The molecule has 1 aromatic heterocycles. The minimum Gasteiger partial charge on any atom is -0.490 e. The van der Waals surface area contributed by atoms with Crippen LogP contribution in [0.25, 0.3) is 0 Å². The van der Waals surface area contributed by atoms with Crippen LogP contribution >= 0.6 is 0 Å². The SMILES string of the molecule is CCCCCCCCCCCCCCCCCCOc1cc(C(=O)Nc2ccn([C@H]3C[C@@](O)([Si](c4ccccc4)(C(C)C)C(C)C)[C@@H](CO)O3)c(=O)n2)cc(OCCCCCCCCCCCCCCCCCC)c1OCCCCCCCCCCCCCCCCCC. The van der Waals surface area contributed by atoms with Gasteiger partial charge in [-0.15, -0.1) is 0 Å². The fourth-order valence-corrected chi connectivity index (χ4v) is 22.4. The van der Waals surface area contributed by atoms with Crippen molar-refractivity contribution in [2.45, 2.75) is 392 Å². The van der Waals surface area contributed by atoms with Gasteiger partial charge in [0.2, 0.25) is 5.75 Å². The Labute approximate surface area is 577 Å². The molecule has 1 saturated heterocycles. The number of unbranched alkanes of at least 4 members (excludes halogenated alkanes) is 45. The second kappa shape index (κ2) is 52.4. The number of carbonyl (C=O) groups excluding carboxylic acids is 1. The Morgan fingerprint density at radius 3 is 1.17 bits per heavy atom. The van der Waals surface area contributed by atoms with Crippen molar-refractivity contribution >= 4 is 25.0 Å². The summed E-state index contributed by atoms with van der Waals surface area (Å²) in [6.07, 6.45) is 62.3. The molecular weight excluding hydrogens is 1180 g/mol. The van der Waals surface area contributed by atoms with E-state index in [0.29, 0.717) is 42.6 Å². The van der Waals surface area contributed by atoms with Crippen molar-refractivity contribution in [3.8, 4) is 17.2 Å². The normalized spacial score (nSPS) is 15.8. The molecule has 1 fully saturated rings. The van der Waals surface area contributed by atoms with Crippen LogP contribution in [0.2, 0.25) is 11.1 Å². The lowest BCUT2D eigenvalue weighted by atomic mass is 10.0. The number of aliphatic hydroxyl groups is 2. The summed E-state index contributed by atoms with van der Waals surface area (Å²) in [5.74, 6) is 1.19. The summed E-state index contributed by atoms with van der Waals surface area (Å²) in [7, 11) is -2.91. The maximum Gasteiger partial charge on any atom is 0.351 e. The molecule has 2 aromatic carbocycles. The van der Waals surface area contributed by atoms with E-state index in [1.165, 1.54) is 274 Å². The highest BCUT2D eigenvalue weighted by molar-refractivity contribution is 6.96. The predicted molar refractivity (Wildman–Crippen MR) is 401 cm³/mol. The highest BCUT2D eigenvalue weighted by Crippen LogP contribution is 2.50. The monoisotopic (exact) mass is 1330 g/mol. The van der Waals surface area contributed by atoms with E-state index >= 15 is 0 Å². The number of carbonyl (C=O) groups is 1. The van der Waals surface area contributed by atoms with Gasteiger partial charge in [0.15, 0.2) is 11.5 Å². The molecule has 3 N–H and O–H groups in total. The standard InChI is InChI=1S/C82H143N3O8Si/c1-8-11-14-17-20-23-26-29-32-35-38-41-44-47-50-56-63-90-74-66-72(80(87)83-77-61-62-85(81(88)84-77)78-68-82(89,76(69-86)93-78)94(70(4)5,71(6)7)73-59-54-53-55-60-73)67-75(91-64-57-51-48-45-42-39-36-33-30-27-24-21-18-15-12-9-2)79(74)92-65-58-52-49-46-43-40-37-34-31-28-25-22-19-16-13-10-3/h53-55,59-62,66-67,70-71,76,78,86,89H,8-52,56-58,63-65,68-69H2,1-7H3,(H,83,84,87,88)/t76-,78-,82-/m1/s1. The van der Waals surface area contributed by atoms with Crippen molar-refractivity contribution in [1.82, 2.24) is 9.55 Å². The van der Waals surface area contributed by atoms with E-state index in [2.05, 4.69) is 70.9 Å². The molecule has 0 spiro atoms. The number of rotatable bonds is 62. The van der Waals surface area contributed by atoms with E-state index in [1.807, 2.05) is 18.2 Å². The fourth-order valence-electron chi connectivity index (χ4n) is 15.3. The van der Waals surface area contributed by atoms with Crippen LogP contribution in [-0.2, 0) is 4.74 Å². The van der Waals surface area contributed by atoms with Crippen molar-refractivity contribution < 1.29 is 34.0 Å². The first-order valence-corrected chi connectivity index (χ1v) is 42.1. The number of amides is 1. The summed E-state index contributed by atoms with van der Waals surface area (Å²) in [6, 6.07) is 15.3. The summed E-state index contributed by atoms with van der Waals surface area (Å²) < 4.78 is 27.9. The summed E-state index contributed by atoms with van der Waals surface area (Å²) >= 11 is 0. The van der Waals surface area contributed by atoms with Gasteiger partial charge in [-0.2, -0.15) is 4.98 Å². The molecule has 3 aromatic rings. The van der Waals surface area contributed by atoms with Crippen LogP contribution in [0, 0.1) is 0 Å². The molecule has 1 aliphatic heterocycles. The van der Waals surface area contributed by atoms with Crippen LogP contribution in [0.15, 0.2) is 59.5 Å². The molecule has 4 rings (SSSR count). The largest absolute Gasteiger partial charge is 0.490 e. The molecule has 0 unspecified atom stereocenters. The Kier molecular flexibility index (Phi) is 46.1. The minimum atomic E-state index is -2.91. The molecule has 12 heteroatoms. The lowest BCUT2D eigenvalue weighted by Crippen LogP contribution is -2.73. The van der Waals surface area contributed by atoms with Crippen molar-refractivity contribution in [2.24, 2.45) is 0 Å². The van der Waals surface area contributed by atoms with Gasteiger partial charge in [-0.25, -0.2) is 4.79 Å². The molecule has 1 aliphatic rings. The number of hydrogen-bond acceptors (Lipinski definition) is 9. The van der Waals surface area contributed by atoms with Gasteiger partial charge in [-0.1, -0.05) is 373 Å². The Morgan fingerprint density at radius 1 is 0.521 bits per heavy atom. The van der Waals surface area contributed by atoms with Crippen molar-refractivity contribution in [3.05, 3.63) is 70.8 Å². The fraction of sp³-hybridized carbons (Fsp3) is 0.793. The zero-order valence-electron chi connectivity index (χ0n) is 61.7. The molecule has 0 aliphatic carbocycles. The Balaban J connectivity index is 1.44. The molecule has 0 saturated carbocycles. The van der Waals surface area contributed by atoms with Gasteiger partial charge in [-0.05, 0) is 48.5 Å². The van der Waals surface area contributed by atoms with Crippen molar-refractivity contribution in [3.63, 3.8) is 0 Å². The van der Waals surface area contributed by atoms with E-state index in [4.69, 9.17) is 18.9 Å². The van der Waals surface area contributed by atoms with Crippen LogP contribution in [0.4, 0.5) is 5.82 Å². The van der Waals surface area contributed by atoms with Crippen molar-refractivity contribution in [2.75, 3.05) is 31.7 Å². The van der Waals surface area contributed by atoms with E-state index in [9.17, 15) is 19.8 Å². The molecule has 0 radical (unpaired) electrons. The van der Waals surface area contributed by atoms with Gasteiger partial charge in [0.25, 0.3) is 5.91 Å². The average Bonchev–Trinajstić information content (AvgIpc) is 1.44. The van der Waals surface area contributed by atoms with Gasteiger partial charge in [-0.3, -0.25) is 9.36 Å². The first kappa shape index (κ1) is 82.7. The van der Waals surface area contributed by atoms with E-state index < -0.39 is 43.8 Å². The van der Waals surface area contributed by atoms with Gasteiger partial charge >= 0.3 is 5.69 Å². The third kappa shape index (κ3) is 31.4. The van der Waals surface area contributed by atoms with Gasteiger partial charge in [0.1, 0.15) is 26.2 Å². The zero-order valence-corrected chi connectivity index (χ0v) is 62.7. The Morgan fingerprint density at radius 2 is 0.851 bits per heavy atom. The molecule has 1 amide bonds. The summed E-state index contributed by atoms with van der Waals surface area (Å²) in [5.41, 5.74) is -0.137. The molecule has 94 heavy (non-hydrogen) atoms. The topological polar surface area (TPSA) is 141 Å². The second-order valence-electron chi connectivity index (χ2n) is 29.1. The van der Waals surface area contributed by atoms with Crippen LogP contribution in [0.5, 0.6) is 17.2 Å². The van der Waals surface area contributed by atoms with Crippen LogP contribution < -0.4 is 30.4 Å². The van der Waals surface area contributed by atoms with Crippen LogP contribution in [-0.4, -0.2) is 71.5 Å². The first-order valence-electron chi connectivity index (χ1n) is 40.0. The molecule has 11 nitrogen and oxygen atoms in total. The lowest BCUT2D eigenvalue weighted by molar-refractivity contribution is -0.0593. The molecule has 0 bridgehead atoms. The van der Waals surface area contributed by atoms with E-state index in [1.54, 1.807) is 24.4 Å². The van der Waals surface area contributed by atoms with E-state index in [0.717, 1.165) is 43.7 Å². The quantitative estimate of drug-likeness (QED) is 0.0372. The Hall–Kier alpha value is -3.71.